The summed E-state index contributed by atoms with van der Waals surface area (Å²) < 4.78 is 41.2. The fraction of sp³-hybridized carbons (Fsp3) is 0.316. The van der Waals surface area contributed by atoms with Crippen molar-refractivity contribution < 1.29 is 27.5 Å². The van der Waals surface area contributed by atoms with Crippen LogP contribution in [0.1, 0.15) is 42.2 Å². The highest BCUT2D eigenvalue weighted by Crippen LogP contribution is 2.21. The first kappa shape index (κ1) is 21.2. The molecule has 1 heterocycles. The summed E-state index contributed by atoms with van der Waals surface area (Å²) in [6, 6.07) is 8.56. The number of carbonyl (C=O) groups excluding carboxylic acids is 2. The van der Waals surface area contributed by atoms with Gasteiger partial charge in [0.25, 0.3) is 5.91 Å². The minimum Gasteiger partial charge on any atom is -0.484 e. The summed E-state index contributed by atoms with van der Waals surface area (Å²) in [4.78, 5) is 27.8. The third kappa shape index (κ3) is 6.57. The molecule has 0 radical (unpaired) electrons. The number of pyridine rings is 1. The molecule has 0 bridgehead atoms. The molecule has 1 unspecified atom stereocenters. The van der Waals surface area contributed by atoms with Crippen molar-refractivity contribution in [3.63, 3.8) is 0 Å². The maximum absolute atomic E-state index is 12.4. The van der Waals surface area contributed by atoms with E-state index < -0.39 is 18.8 Å². The Kier molecular flexibility index (Phi) is 6.97. The largest absolute Gasteiger partial charge is 0.484 e. The van der Waals surface area contributed by atoms with Crippen molar-refractivity contribution in [3.05, 3.63) is 53.7 Å². The Hall–Kier alpha value is -3.10. The van der Waals surface area contributed by atoms with Gasteiger partial charge in [0.15, 0.2) is 6.61 Å². The van der Waals surface area contributed by atoms with Crippen LogP contribution in [-0.4, -0.2) is 29.6 Å². The number of ether oxygens (including phenoxy) is 1. The number of nitrogens with zero attached hydrogens (tertiary/aromatic N) is 1. The van der Waals surface area contributed by atoms with E-state index in [1.807, 2.05) is 0 Å². The molecule has 2 rings (SSSR count). The van der Waals surface area contributed by atoms with E-state index in [4.69, 9.17) is 0 Å². The molecule has 2 amide bonds. The standard InChI is InChI=1S/C19H20F3N3O3/c1-3-17(26)25-16-10-14(8-9-23-16)18(27)24-12(2)13-4-6-15(7-5-13)28-11-19(20,21)22/h4-10,12H,3,11H2,1-2H3,(H,24,27)(H,23,25,26). The van der Waals surface area contributed by atoms with E-state index in [0.717, 1.165) is 0 Å². The van der Waals surface area contributed by atoms with Crippen LogP contribution in [0.4, 0.5) is 19.0 Å². The smallest absolute Gasteiger partial charge is 0.422 e. The summed E-state index contributed by atoms with van der Waals surface area (Å²) in [6.07, 6.45) is -2.70. The lowest BCUT2D eigenvalue weighted by molar-refractivity contribution is -0.153. The maximum atomic E-state index is 12.4. The SMILES string of the molecule is CCC(=O)Nc1cc(C(=O)NC(C)c2ccc(OCC(F)(F)F)cc2)ccn1. The zero-order valence-electron chi connectivity index (χ0n) is 15.3. The van der Waals surface area contributed by atoms with Crippen LogP contribution in [-0.2, 0) is 4.79 Å². The number of hydrogen-bond acceptors (Lipinski definition) is 4. The Bertz CT molecular complexity index is 823. The lowest BCUT2D eigenvalue weighted by Crippen LogP contribution is -2.27. The average Bonchev–Trinajstić information content (AvgIpc) is 2.66. The molecule has 150 valence electrons. The van der Waals surface area contributed by atoms with Gasteiger partial charge in [0, 0.05) is 18.2 Å². The van der Waals surface area contributed by atoms with E-state index in [-0.39, 0.29) is 29.8 Å². The third-order valence-electron chi connectivity index (χ3n) is 3.74. The third-order valence-corrected chi connectivity index (χ3v) is 3.74. The molecule has 6 nitrogen and oxygen atoms in total. The molecule has 0 aliphatic heterocycles. The number of aromatic nitrogens is 1. The molecule has 9 heteroatoms. The second kappa shape index (κ2) is 9.20. The van der Waals surface area contributed by atoms with Gasteiger partial charge in [0.05, 0.1) is 6.04 Å². The van der Waals surface area contributed by atoms with Gasteiger partial charge in [-0.3, -0.25) is 9.59 Å². The number of amides is 2. The van der Waals surface area contributed by atoms with Crippen molar-refractivity contribution in [1.29, 1.82) is 0 Å². The van der Waals surface area contributed by atoms with E-state index in [2.05, 4.69) is 20.4 Å². The maximum Gasteiger partial charge on any atom is 0.422 e. The Morgan fingerprint density at radius 3 is 2.46 bits per heavy atom. The van der Waals surface area contributed by atoms with Crippen molar-refractivity contribution in [2.24, 2.45) is 0 Å². The fourth-order valence-corrected chi connectivity index (χ4v) is 2.25. The Labute approximate surface area is 160 Å². The first-order chi connectivity index (χ1) is 13.2. The molecule has 0 fully saturated rings. The minimum absolute atomic E-state index is 0.0880. The van der Waals surface area contributed by atoms with Gasteiger partial charge in [-0.25, -0.2) is 4.98 Å². The molecule has 0 aliphatic rings. The van der Waals surface area contributed by atoms with Crippen LogP contribution in [0.25, 0.3) is 0 Å². The first-order valence-corrected chi connectivity index (χ1v) is 8.54. The van der Waals surface area contributed by atoms with Gasteiger partial charge in [0.2, 0.25) is 5.91 Å². The zero-order chi connectivity index (χ0) is 20.7. The van der Waals surface area contributed by atoms with Gasteiger partial charge in [-0.05, 0) is 36.8 Å². The molecule has 2 N–H and O–H groups in total. The number of benzene rings is 1. The molecule has 0 spiro atoms. The Morgan fingerprint density at radius 2 is 1.86 bits per heavy atom. The van der Waals surface area contributed by atoms with E-state index in [1.54, 1.807) is 26.0 Å². The molecule has 28 heavy (non-hydrogen) atoms. The Balaban J connectivity index is 1.98. The van der Waals surface area contributed by atoms with E-state index >= 15 is 0 Å². The molecule has 0 saturated carbocycles. The summed E-state index contributed by atoms with van der Waals surface area (Å²) in [5, 5.41) is 5.36. The molecular weight excluding hydrogens is 375 g/mol. The minimum atomic E-state index is -4.40. The molecule has 0 saturated heterocycles. The van der Waals surface area contributed by atoms with Crippen LogP contribution in [0.15, 0.2) is 42.6 Å². The van der Waals surface area contributed by atoms with Gasteiger partial charge in [-0.15, -0.1) is 0 Å². The van der Waals surface area contributed by atoms with Gasteiger partial charge >= 0.3 is 6.18 Å². The van der Waals surface area contributed by atoms with Crippen LogP contribution < -0.4 is 15.4 Å². The number of nitrogens with one attached hydrogen (secondary N) is 2. The van der Waals surface area contributed by atoms with Crippen molar-refractivity contribution >= 4 is 17.6 Å². The van der Waals surface area contributed by atoms with Crippen LogP contribution in [0.5, 0.6) is 5.75 Å². The van der Waals surface area contributed by atoms with Crippen LogP contribution in [0.2, 0.25) is 0 Å². The predicted octanol–water partition coefficient (Wildman–Crippen LogP) is 3.86. The van der Waals surface area contributed by atoms with Crippen molar-refractivity contribution in [2.75, 3.05) is 11.9 Å². The molecule has 1 aromatic carbocycles. The summed E-state index contributed by atoms with van der Waals surface area (Å²) in [5.41, 5.74) is 1.01. The Morgan fingerprint density at radius 1 is 1.18 bits per heavy atom. The van der Waals surface area contributed by atoms with Gasteiger partial charge in [-0.2, -0.15) is 13.2 Å². The monoisotopic (exact) mass is 395 g/mol. The summed E-state index contributed by atoms with van der Waals surface area (Å²) in [7, 11) is 0. The number of halogens is 3. The van der Waals surface area contributed by atoms with Crippen LogP contribution >= 0.6 is 0 Å². The number of anilines is 1. The van der Waals surface area contributed by atoms with Gasteiger partial charge < -0.3 is 15.4 Å². The highest BCUT2D eigenvalue weighted by molar-refractivity contribution is 5.96. The predicted molar refractivity (Wildman–Crippen MR) is 97.0 cm³/mol. The molecule has 2 aromatic rings. The lowest BCUT2D eigenvalue weighted by atomic mass is 10.1. The normalized spacial score (nSPS) is 12.2. The van der Waals surface area contributed by atoms with E-state index in [9.17, 15) is 22.8 Å². The molecule has 1 atom stereocenters. The summed E-state index contributed by atoms with van der Waals surface area (Å²) in [6.45, 7) is 2.08. The number of rotatable bonds is 7. The molecular formula is C19H20F3N3O3. The number of carbonyl (C=O) groups is 2. The number of alkyl halides is 3. The van der Waals surface area contributed by atoms with Crippen molar-refractivity contribution in [3.8, 4) is 5.75 Å². The zero-order valence-corrected chi connectivity index (χ0v) is 15.3. The lowest BCUT2D eigenvalue weighted by Gasteiger charge is -2.16. The first-order valence-electron chi connectivity index (χ1n) is 8.54. The average molecular weight is 395 g/mol. The highest BCUT2D eigenvalue weighted by Gasteiger charge is 2.28. The molecule has 0 aliphatic carbocycles. The van der Waals surface area contributed by atoms with Crippen LogP contribution in [0.3, 0.4) is 0 Å². The fourth-order valence-electron chi connectivity index (χ4n) is 2.25. The van der Waals surface area contributed by atoms with Crippen molar-refractivity contribution in [2.45, 2.75) is 32.5 Å². The second-order valence-electron chi connectivity index (χ2n) is 6.00. The second-order valence-corrected chi connectivity index (χ2v) is 6.00. The topological polar surface area (TPSA) is 80.3 Å². The van der Waals surface area contributed by atoms with E-state index in [1.165, 1.54) is 30.5 Å². The quantitative estimate of drug-likeness (QED) is 0.746. The number of hydrogen-bond donors (Lipinski definition) is 2. The van der Waals surface area contributed by atoms with Crippen molar-refractivity contribution in [1.82, 2.24) is 10.3 Å². The van der Waals surface area contributed by atoms with Gasteiger partial charge in [0.1, 0.15) is 11.6 Å². The highest BCUT2D eigenvalue weighted by atomic mass is 19.4. The molecule has 1 aromatic heterocycles. The van der Waals surface area contributed by atoms with Gasteiger partial charge in [-0.1, -0.05) is 19.1 Å². The van der Waals surface area contributed by atoms with Crippen LogP contribution in [0, 0.1) is 0 Å². The summed E-state index contributed by atoms with van der Waals surface area (Å²) in [5.74, 6) is -0.228. The summed E-state index contributed by atoms with van der Waals surface area (Å²) >= 11 is 0. The van der Waals surface area contributed by atoms with E-state index in [0.29, 0.717) is 11.1 Å².